The van der Waals surface area contributed by atoms with E-state index in [1.54, 1.807) is 0 Å². The van der Waals surface area contributed by atoms with Gasteiger partial charge in [-0.15, -0.1) is 0 Å². The van der Waals surface area contributed by atoms with Crippen molar-refractivity contribution in [1.82, 2.24) is 24.1 Å². The lowest BCUT2D eigenvalue weighted by atomic mass is 9.94. The lowest BCUT2D eigenvalue weighted by molar-refractivity contribution is 0.953. The maximum atomic E-state index is 5.37. The normalized spacial score (nSPS) is 11.5. The SMILES string of the molecule is c1ccc(-c2ccc(-n3c4ccccc4c4cc(-c5cccc(-c6ccccc6)c5)c5c6ccccc6n(-c6nc(-c7ccccc7)nc(-c7ccccc7)n6)c5c43)cc2)cc1. The summed E-state index contributed by atoms with van der Waals surface area (Å²) in [5.41, 5.74) is 14.1. The average molecular weight is 792 g/mol. The van der Waals surface area contributed by atoms with Crippen molar-refractivity contribution in [2.24, 2.45) is 0 Å². The number of hydrogen-bond donors (Lipinski definition) is 0. The number of benzene rings is 9. The van der Waals surface area contributed by atoms with Crippen molar-refractivity contribution in [2.75, 3.05) is 0 Å². The van der Waals surface area contributed by atoms with Crippen LogP contribution in [0.4, 0.5) is 0 Å². The molecule has 0 unspecified atom stereocenters. The molecule has 12 rings (SSSR count). The first-order valence-corrected chi connectivity index (χ1v) is 21.0. The van der Waals surface area contributed by atoms with Gasteiger partial charge in [0.25, 0.3) is 0 Å². The Hall–Kier alpha value is -8.41. The van der Waals surface area contributed by atoms with E-state index in [1.807, 2.05) is 36.4 Å². The highest BCUT2D eigenvalue weighted by molar-refractivity contribution is 6.28. The third-order valence-corrected chi connectivity index (χ3v) is 12.0. The Labute approximate surface area is 358 Å². The zero-order chi connectivity index (χ0) is 41.0. The van der Waals surface area contributed by atoms with Crippen molar-refractivity contribution >= 4 is 43.6 Å². The maximum absolute atomic E-state index is 5.37. The highest BCUT2D eigenvalue weighted by Crippen LogP contribution is 2.46. The molecule has 0 aliphatic rings. The van der Waals surface area contributed by atoms with E-state index in [4.69, 9.17) is 15.0 Å². The topological polar surface area (TPSA) is 48.5 Å². The third-order valence-electron chi connectivity index (χ3n) is 12.0. The van der Waals surface area contributed by atoms with Gasteiger partial charge >= 0.3 is 0 Å². The van der Waals surface area contributed by atoms with Crippen molar-refractivity contribution in [2.45, 2.75) is 0 Å². The van der Waals surface area contributed by atoms with Crippen LogP contribution in [0.5, 0.6) is 0 Å². The van der Waals surface area contributed by atoms with Crippen LogP contribution in [0.15, 0.2) is 224 Å². The van der Waals surface area contributed by atoms with Gasteiger partial charge in [-0.2, -0.15) is 9.97 Å². The van der Waals surface area contributed by atoms with Gasteiger partial charge in [0.2, 0.25) is 5.95 Å². The van der Waals surface area contributed by atoms with E-state index < -0.39 is 0 Å². The average Bonchev–Trinajstić information content (AvgIpc) is 3.88. The monoisotopic (exact) mass is 791 g/mol. The molecular weight excluding hydrogens is 755 g/mol. The minimum absolute atomic E-state index is 0.552. The second-order valence-electron chi connectivity index (χ2n) is 15.6. The van der Waals surface area contributed by atoms with E-state index in [-0.39, 0.29) is 0 Å². The number of aromatic nitrogens is 5. The lowest BCUT2D eigenvalue weighted by Crippen LogP contribution is -2.07. The summed E-state index contributed by atoms with van der Waals surface area (Å²) in [5, 5.41) is 4.55. The molecule has 0 N–H and O–H groups in total. The zero-order valence-electron chi connectivity index (χ0n) is 33.6. The molecule has 0 saturated carbocycles. The van der Waals surface area contributed by atoms with Gasteiger partial charge < -0.3 is 4.57 Å². The predicted molar refractivity (Wildman–Crippen MR) is 256 cm³/mol. The largest absolute Gasteiger partial charge is 0.307 e. The van der Waals surface area contributed by atoms with Gasteiger partial charge in [-0.3, -0.25) is 4.57 Å². The molecule has 0 fully saturated rings. The van der Waals surface area contributed by atoms with E-state index >= 15 is 0 Å². The number of fused-ring (bicyclic) bond motifs is 7. The van der Waals surface area contributed by atoms with Crippen molar-refractivity contribution in [3.63, 3.8) is 0 Å². The molecule has 0 amide bonds. The summed E-state index contributed by atoms with van der Waals surface area (Å²) in [4.78, 5) is 15.8. The Morgan fingerprint density at radius 3 is 1.37 bits per heavy atom. The molecule has 5 heteroatoms. The Bertz CT molecular complexity index is 3540. The second-order valence-corrected chi connectivity index (χ2v) is 15.6. The molecular formula is C57H37N5. The van der Waals surface area contributed by atoms with Crippen molar-refractivity contribution in [1.29, 1.82) is 0 Å². The van der Waals surface area contributed by atoms with Gasteiger partial charge in [-0.05, 0) is 69.8 Å². The smallest absolute Gasteiger partial charge is 0.238 e. The van der Waals surface area contributed by atoms with E-state index in [9.17, 15) is 0 Å². The molecule has 290 valence electrons. The van der Waals surface area contributed by atoms with Crippen LogP contribution < -0.4 is 0 Å². The van der Waals surface area contributed by atoms with Gasteiger partial charge in [-0.25, -0.2) is 4.98 Å². The molecule has 9 aromatic carbocycles. The standard InChI is InChI=1S/C57H37N5/c1-5-18-38(19-6-1)40-32-34-45(35-33-40)61-50-30-15-13-28-46(50)49-37-48(44-27-17-26-43(36-44)39-20-7-2-8-21-39)52-47-29-14-16-31-51(47)62(54(52)53(49)61)57-59-55(41-22-9-3-10-23-41)58-56(60-57)42-24-11-4-12-25-42/h1-37H. The molecule has 3 aromatic heterocycles. The van der Waals surface area contributed by atoms with Gasteiger partial charge in [0, 0.05) is 38.4 Å². The third kappa shape index (κ3) is 5.90. The van der Waals surface area contributed by atoms with Crippen molar-refractivity contribution in [3.05, 3.63) is 224 Å². The first kappa shape index (κ1) is 35.5. The summed E-state index contributed by atoms with van der Waals surface area (Å²) in [7, 11) is 0. The number of hydrogen-bond acceptors (Lipinski definition) is 3. The lowest BCUT2D eigenvalue weighted by Gasteiger charge is -2.15. The number of nitrogens with zero attached hydrogens (tertiary/aromatic N) is 5. The summed E-state index contributed by atoms with van der Waals surface area (Å²) < 4.78 is 4.71. The van der Waals surface area contributed by atoms with Gasteiger partial charge in [0.1, 0.15) is 0 Å². The first-order chi connectivity index (χ1) is 30.8. The zero-order valence-corrected chi connectivity index (χ0v) is 33.6. The van der Waals surface area contributed by atoms with E-state index in [0.29, 0.717) is 17.6 Å². The molecule has 0 bridgehead atoms. The summed E-state index contributed by atoms with van der Waals surface area (Å²) >= 11 is 0. The quantitative estimate of drug-likeness (QED) is 0.162. The summed E-state index contributed by atoms with van der Waals surface area (Å²) in [6.45, 7) is 0. The van der Waals surface area contributed by atoms with Gasteiger partial charge in [-0.1, -0.05) is 188 Å². The molecule has 0 saturated heterocycles. The Kier molecular flexibility index (Phi) is 8.42. The molecule has 0 aliphatic heterocycles. The van der Waals surface area contributed by atoms with Crippen LogP contribution in [-0.2, 0) is 0 Å². The molecule has 0 spiro atoms. The summed E-state index contributed by atoms with van der Waals surface area (Å²) in [6, 6.07) is 79.3. The molecule has 5 nitrogen and oxygen atoms in total. The Balaban J connectivity index is 1.24. The van der Waals surface area contributed by atoms with Crippen LogP contribution >= 0.6 is 0 Å². The molecule has 62 heavy (non-hydrogen) atoms. The molecule has 3 heterocycles. The minimum atomic E-state index is 0.552. The number of para-hydroxylation sites is 2. The summed E-state index contributed by atoms with van der Waals surface area (Å²) in [5.74, 6) is 1.78. The van der Waals surface area contributed by atoms with E-state index in [2.05, 4.69) is 197 Å². The van der Waals surface area contributed by atoms with Crippen molar-refractivity contribution in [3.8, 4) is 67.8 Å². The van der Waals surface area contributed by atoms with Crippen LogP contribution in [0.1, 0.15) is 0 Å². The fourth-order valence-corrected chi connectivity index (χ4v) is 9.13. The minimum Gasteiger partial charge on any atom is -0.307 e. The fourth-order valence-electron chi connectivity index (χ4n) is 9.13. The van der Waals surface area contributed by atoms with E-state index in [1.165, 1.54) is 27.6 Å². The first-order valence-electron chi connectivity index (χ1n) is 21.0. The fraction of sp³-hybridized carbons (Fsp3) is 0. The number of rotatable bonds is 7. The Morgan fingerprint density at radius 2 is 0.758 bits per heavy atom. The van der Waals surface area contributed by atoms with E-state index in [0.717, 1.165) is 66.2 Å². The van der Waals surface area contributed by atoms with Crippen LogP contribution in [-0.4, -0.2) is 24.1 Å². The molecule has 0 radical (unpaired) electrons. The maximum Gasteiger partial charge on any atom is 0.238 e. The molecule has 12 aromatic rings. The van der Waals surface area contributed by atoms with Gasteiger partial charge in [0.05, 0.1) is 22.1 Å². The Morgan fingerprint density at radius 1 is 0.290 bits per heavy atom. The van der Waals surface area contributed by atoms with Crippen LogP contribution in [0.25, 0.3) is 111 Å². The van der Waals surface area contributed by atoms with Crippen LogP contribution in [0.3, 0.4) is 0 Å². The second kappa shape index (κ2) is 14.7. The highest BCUT2D eigenvalue weighted by Gasteiger charge is 2.26. The highest BCUT2D eigenvalue weighted by atomic mass is 15.2. The van der Waals surface area contributed by atoms with Gasteiger partial charge in [0.15, 0.2) is 11.6 Å². The summed E-state index contributed by atoms with van der Waals surface area (Å²) in [6.07, 6.45) is 0. The van der Waals surface area contributed by atoms with Crippen LogP contribution in [0.2, 0.25) is 0 Å². The predicted octanol–water partition coefficient (Wildman–Crippen LogP) is 14.4. The molecule has 0 atom stereocenters. The van der Waals surface area contributed by atoms with Crippen LogP contribution in [0, 0.1) is 0 Å². The van der Waals surface area contributed by atoms with Crippen molar-refractivity contribution < 1.29 is 0 Å². The molecule has 0 aliphatic carbocycles.